The molecule has 0 bridgehead atoms. The summed E-state index contributed by atoms with van der Waals surface area (Å²) in [6.07, 6.45) is 9.20. The summed E-state index contributed by atoms with van der Waals surface area (Å²) in [5.74, 6) is 0.602. The molecule has 2 unspecified atom stereocenters. The van der Waals surface area contributed by atoms with Gasteiger partial charge >= 0.3 is 0 Å². The van der Waals surface area contributed by atoms with Gasteiger partial charge in [0.15, 0.2) is 0 Å². The van der Waals surface area contributed by atoms with E-state index in [2.05, 4.69) is 12.2 Å². The second-order valence-corrected chi connectivity index (χ2v) is 6.55. The summed E-state index contributed by atoms with van der Waals surface area (Å²) in [5.41, 5.74) is 0.293. The molecule has 1 aromatic rings. The van der Waals surface area contributed by atoms with Crippen molar-refractivity contribution >= 4 is 0 Å². The number of halogens is 1. The molecule has 0 radical (unpaired) electrons. The Morgan fingerprint density at radius 3 is 2.43 bits per heavy atom. The third-order valence-electron chi connectivity index (χ3n) is 5.36. The molecule has 1 N–H and O–H groups in total. The van der Waals surface area contributed by atoms with Gasteiger partial charge in [0.2, 0.25) is 0 Å². The van der Waals surface area contributed by atoms with Crippen molar-refractivity contribution in [1.29, 1.82) is 0 Å². The highest BCUT2D eigenvalue weighted by Crippen LogP contribution is 2.52. The Hall–Kier alpha value is -1.09. The Balaban J connectivity index is 1.73. The van der Waals surface area contributed by atoms with Crippen LogP contribution in [0.1, 0.15) is 51.9 Å². The smallest absolute Gasteiger partial charge is 0.123 e. The molecule has 3 heteroatoms. The van der Waals surface area contributed by atoms with Crippen molar-refractivity contribution in [3.8, 4) is 5.75 Å². The molecule has 0 heterocycles. The van der Waals surface area contributed by atoms with Crippen molar-refractivity contribution in [1.82, 2.24) is 5.32 Å². The standard InChI is InChI=1S/C18H26FNO/c1-2-20-16-13-17(18(16)11-5-3-4-6-12-18)21-15-9-7-14(19)8-10-15/h7-10,16-17,20H,2-6,11-13H2,1H3. The summed E-state index contributed by atoms with van der Waals surface area (Å²) >= 11 is 0. The molecule has 0 saturated heterocycles. The van der Waals surface area contributed by atoms with E-state index in [9.17, 15) is 4.39 Å². The van der Waals surface area contributed by atoms with Gasteiger partial charge in [0, 0.05) is 17.9 Å². The minimum Gasteiger partial charge on any atom is -0.490 e. The molecule has 2 aliphatic carbocycles. The zero-order valence-corrected chi connectivity index (χ0v) is 12.9. The van der Waals surface area contributed by atoms with Crippen molar-refractivity contribution in [3.63, 3.8) is 0 Å². The maximum absolute atomic E-state index is 13.0. The normalized spacial score (nSPS) is 27.9. The summed E-state index contributed by atoms with van der Waals surface area (Å²) in [5, 5.41) is 3.66. The average Bonchev–Trinajstić information content (AvgIpc) is 2.76. The van der Waals surface area contributed by atoms with E-state index in [1.165, 1.54) is 50.7 Å². The number of hydrogen-bond donors (Lipinski definition) is 1. The molecule has 0 amide bonds. The van der Waals surface area contributed by atoms with Gasteiger partial charge in [-0.1, -0.05) is 32.6 Å². The van der Waals surface area contributed by atoms with Gasteiger partial charge in [0.1, 0.15) is 17.7 Å². The van der Waals surface area contributed by atoms with E-state index in [0.717, 1.165) is 18.7 Å². The van der Waals surface area contributed by atoms with Crippen molar-refractivity contribution in [2.24, 2.45) is 5.41 Å². The second-order valence-electron chi connectivity index (χ2n) is 6.55. The van der Waals surface area contributed by atoms with E-state index in [4.69, 9.17) is 4.74 Å². The number of rotatable bonds is 4. The fourth-order valence-electron chi connectivity index (χ4n) is 4.18. The number of benzene rings is 1. The number of hydrogen-bond acceptors (Lipinski definition) is 2. The van der Waals surface area contributed by atoms with Crippen LogP contribution < -0.4 is 10.1 Å². The Kier molecular flexibility index (Phi) is 4.48. The van der Waals surface area contributed by atoms with Crippen LogP contribution in [-0.2, 0) is 0 Å². The molecular weight excluding hydrogens is 265 g/mol. The lowest BCUT2D eigenvalue weighted by Crippen LogP contribution is -2.64. The topological polar surface area (TPSA) is 21.3 Å². The van der Waals surface area contributed by atoms with Crippen molar-refractivity contribution in [3.05, 3.63) is 30.1 Å². The Morgan fingerprint density at radius 2 is 1.81 bits per heavy atom. The van der Waals surface area contributed by atoms with Crippen LogP contribution in [0.25, 0.3) is 0 Å². The minimum atomic E-state index is -0.203. The quantitative estimate of drug-likeness (QED) is 0.893. The summed E-state index contributed by atoms with van der Waals surface area (Å²) in [4.78, 5) is 0. The van der Waals surface area contributed by atoms with Gasteiger partial charge in [-0.25, -0.2) is 4.39 Å². The summed E-state index contributed by atoms with van der Waals surface area (Å²) in [7, 11) is 0. The van der Waals surface area contributed by atoms with Gasteiger partial charge in [-0.2, -0.15) is 0 Å². The molecule has 2 saturated carbocycles. The highest BCUT2D eigenvalue weighted by atomic mass is 19.1. The summed E-state index contributed by atoms with van der Waals surface area (Å²) in [6.45, 7) is 3.20. The van der Waals surface area contributed by atoms with E-state index in [1.54, 1.807) is 12.1 Å². The lowest BCUT2D eigenvalue weighted by atomic mass is 9.57. The molecule has 2 fully saturated rings. The number of nitrogens with one attached hydrogen (secondary N) is 1. The van der Waals surface area contributed by atoms with Crippen LogP contribution in [0.2, 0.25) is 0 Å². The van der Waals surface area contributed by atoms with Crippen molar-refractivity contribution < 1.29 is 9.13 Å². The predicted octanol–water partition coefficient (Wildman–Crippen LogP) is 4.30. The average molecular weight is 291 g/mol. The molecule has 0 aliphatic heterocycles. The first-order valence-corrected chi connectivity index (χ1v) is 8.40. The SMILES string of the molecule is CCNC1CC(Oc2ccc(F)cc2)C12CCCCCC2. The third-order valence-corrected chi connectivity index (χ3v) is 5.36. The minimum absolute atomic E-state index is 0.203. The highest BCUT2D eigenvalue weighted by molar-refractivity contribution is 5.24. The van der Waals surface area contributed by atoms with E-state index in [0.29, 0.717) is 11.5 Å². The molecule has 0 aromatic heterocycles. The Labute approximate surface area is 127 Å². The molecule has 1 spiro atoms. The van der Waals surface area contributed by atoms with Crippen molar-refractivity contribution in [2.75, 3.05) is 6.54 Å². The van der Waals surface area contributed by atoms with E-state index < -0.39 is 0 Å². The van der Waals surface area contributed by atoms with Crippen LogP contribution in [0, 0.1) is 11.2 Å². The fraction of sp³-hybridized carbons (Fsp3) is 0.667. The van der Waals surface area contributed by atoms with Gasteiger partial charge in [0.05, 0.1) is 0 Å². The first-order chi connectivity index (χ1) is 10.2. The van der Waals surface area contributed by atoms with E-state index >= 15 is 0 Å². The van der Waals surface area contributed by atoms with Gasteiger partial charge in [-0.3, -0.25) is 0 Å². The van der Waals surface area contributed by atoms with Crippen LogP contribution in [0.5, 0.6) is 5.75 Å². The van der Waals surface area contributed by atoms with E-state index in [-0.39, 0.29) is 11.9 Å². The largest absolute Gasteiger partial charge is 0.490 e. The van der Waals surface area contributed by atoms with Crippen LogP contribution in [-0.4, -0.2) is 18.7 Å². The maximum Gasteiger partial charge on any atom is 0.123 e. The monoisotopic (exact) mass is 291 g/mol. The predicted molar refractivity (Wildman–Crippen MR) is 83.0 cm³/mol. The zero-order chi connectivity index (χ0) is 14.7. The first-order valence-electron chi connectivity index (χ1n) is 8.40. The first kappa shape index (κ1) is 14.8. The zero-order valence-electron chi connectivity index (χ0n) is 12.9. The summed E-state index contributed by atoms with van der Waals surface area (Å²) < 4.78 is 19.2. The third kappa shape index (κ3) is 2.94. The summed E-state index contributed by atoms with van der Waals surface area (Å²) in [6, 6.07) is 7.05. The van der Waals surface area contributed by atoms with Gasteiger partial charge in [0.25, 0.3) is 0 Å². The molecular formula is C18H26FNO. The van der Waals surface area contributed by atoms with E-state index in [1.807, 2.05) is 0 Å². The van der Waals surface area contributed by atoms with Gasteiger partial charge < -0.3 is 10.1 Å². The molecule has 116 valence electrons. The molecule has 21 heavy (non-hydrogen) atoms. The van der Waals surface area contributed by atoms with Gasteiger partial charge in [-0.15, -0.1) is 0 Å². The van der Waals surface area contributed by atoms with Crippen LogP contribution in [0.3, 0.4) is 0 Å². The van der Waals surface area contributed by atoms with Crippen LogP contribution >= 0.6 is 0 Å². The second kappa shape index (κ2) is 6.35. The van der Waals surface area contributed by atoms with Gasteiger partial charge in [-0.05, 0) is 43.7 Å². The Morgan fingerprint density at radius 1 is 1.14 bits per heavy atom. The maximum atomic E-state index is 13.0. The molecule has 1 aromatic carbocycles. The van der Waals surface area contributed by atoms with Crippen molar-refractivity contribution in [2.45, 2.75) is 64.0 Å². The lowest BCUT2D eigenvalue weighted by molar-refractivity contribution is -0.0900. The highest BCUT2D eigenvalue weighted by Gasteiger charge is 2.55. The lowest BCUT2D eigenvalue weighted by Gasteiger charge is -2.56. The Bertz CT molecular complexity index is 451. The molecule has 2 aliphatic rings. The number of ether oxygens (including phenoxy) is 1. The molecule has 3 rings (SSSR count). The fourth-order valence-corrected chi connectivity index (χ4v) is 4.18. The molecule has 2 nitrogen and oxygen atoms in total. The molecule has 2 atom stereocenters. The van der Waals surface area contributed by atoms with Crippen LogP contribution in [0.15, 0.2) is 24.3 Å². The van der Waals surface area contributed by atoms with Crippen LogP contribution in [0.4, 0.5) is 4.39 Å².